The van der Waals surface area contributed by atoms with Gasteiger partial charge in [-0.05, 0) is 43.5 Å². The molecule has 88 valence electrons. The molecule has 0 aliphatic rings. The molecule has 0 spiro atoms. The summed E-state index contributed by atoms with van der Waals surface area (Å²) in [4.78, 5) is 10.9. The number of hydrogen-bond donors (Lipinski definition) is 1. The van der Waals surface area contributed by atoms with Crippen LogP contribution < -0.4 is 5.14 Å². The van der Waals surface area contributed by atoms with Gasteiger partial charge in [0.2, 0.25) is 10.0 Å². The Bertz CT molecular complexity index is 506. The molecule has 0 aliphatic carbocycles. The van der Waals surface area contributed by atoms with E-state index in [-0.39, 0.29) is 10.7 Å². The summed E-state index contributed by atoms with van der Waals surface area (Å²) in [7, 11) is -3.64. The third-order valence-corrected chi connectivity index (χ3v) is 3.30. The van der Waals surface area contributed by atoms with Crippen LogP contribution in [0.2, 0.25) is 0 Å². The molecule has 16 heavy (non-hydrogen) atoms. The zero-order chi connectivity index (χ0) is 12.3. The lowest BCUT2D eigenvalue weighted by Crippen LogP contribution is -2.12. The summed E-state index contributed by atoms with van der Waals surface area (Å²) >= 11 is 0. The highest BCUT2D eigenvalue weighted by Crippen LogP contribution is 2.15. The Balaban J connectivity index is 2.96. The first kappa shape index (κ1) is 12.9. The molecular formula is C11H15NO3S. The molecule has 0 aliphatic heterocycles. The fourth-order valence-corrected chi connectivity index (χ4v) is 2.04. The van der Waals surface area contributed by atoms with E-state index in [1.807, 2.05) is 6.92 Å². The summed E-state index contributed by atoms with van der Waals surface area (Å²) in [6.07, 6.45) is 1.10. The minimum atomic E-state index is -3.64. The van der Waals surface area contributed by atoms with E-state index in [1.54, 1.807) is 6.07 Å². The Morgan fingerprint density at radius 3 is 2.44 bits per heavy atom. The third kappa shape index (κ3) is 3.43. The van der Waals surface area contributed by atoms with Gasteiger partial charge in [0, 0.05) is 6.42 Å². The second-order valence-corrected chi connectivity index (χ2v) is 5.40. The van der Waals surface area contributed by atoms with Crippen molar-refractivity contribution >= 4 is 15.8 Å². The SMILES string of the molecule is CC(=O)CCc1ccc(S(N)(=O)=O)cc1C. The van der Waals surface area contributed by atoms with Crippen molar-refractivity contribution in [2.24, 2.45) is 5.14 Å². The number of sulfonamides is 1. The molecule has 0 atom stereocenters. The lowest BCUT2D eigenvalue weighted by Gasteiger charge is -2.06. The molecule has 1 aromatic rings. The van der Waals surface area contributed by atoms with E-state index in [4.69, 9.17) is 5.14 Å². The maximum atomic E-state index is 11.1. The highest BCUT2D eigenvalue weighted by molar-refractivity contribution is 7.89. The van der Waals surface area contributed by atoms with E-state index >= 15 is 0 Å². The van der Waals surface area contributed by atoms with Crippen molar-refractivity contribution in [2.45, 2.75) is 31.6 Å². The Labute approximate surface area is 95.5 Å². The van der Waals surface area contributed by atoms with Crippen molar-refractivity contribution in [3.05, 3.63) is 29.3 Å². The fraction of sp³-hybridized carbons (Fsp3) is 0.364. The van der Waals surface area contributed by atoms with E-state index in [9.17, 15) is 13.2 Å². The molecule has 5 heteroatoms. The van der Waals surface area contributed by atoms with Crippen LogP contribution in [-0.2, 0) is 21.2 Å². The van der Waals surface area contributed by atoms with Gasteiger partial charge in [-0.15, -0.1) is 0 Å². The monoisotopic (exact) mass is 241 g/mol. The van der Waals surface area contributed by atoms with Gasteiger partial charge in [-0.1, -0.05) is 6.07 Å². The molecule has 1 rings (SSSR count). The van der Waals surface area contributed by atoms with E-state index in [2.05, 4.69) is 0 Å². The first-order valence-corrected chi connectivity index (χ1v) is 6.47. The highest BCUT2D eigenvalue weighted by atomic mass is 32.2. The van der Waals surface area contributed by atoms with E-state index in [0.29, 0.717) is 12.8 Å². The number of ketones is 1. The minimum Gasteiger partial charge on any atom is -0.300 e. The average Bonchev–Trinajstić information content (AvgIpc) is 2.14. The minimum absolute atomic E-state index is 0.108. The molecule has 0 heterocycles. The first-order chi connectivity index (χ1) is 7.30. The molecule has 0 aromatic heterocycles. The van der Waals surface area contributed by atoms with Crippen molar-refractivity contribution in [2.75, 3.05) is 0 Å². The number of hydrogen-bond acceptors (Lipinski definition) is 3. The smallest absolute Gasteiger partial charge is 0.238 e. The maximum Gasteiger partial charge on any atom is 0.238 e. The van der Waals surface area contributed by atoms with E-state index in [0.717, 1.165) is 11.1 Å². The molecule has 2 N–H and O–H groups in total. The predicted molar refractivity (Wildman–Crippen MR) is 61.6 cm³/mol. The predicted octanol–water partition coefficient (Wildman–Crippen LogP) is 1.16. The summed E-state index contributed by atoms with van der Waals surface area (Å²) < 4.78 is 22.2. The van der Waals surface area contributed by atoms with Gasteiger partial charge in [0.1, 0.15) is 5.78 Å². The number of Topliss-reactive ketones (excluding diaryl/α,β-unsaturated/α-hetero) is 1. The number of carbonyl (C=O) groups excluding carboxylic acids is 1. The van der Waals surface area contributed by atoms with Crippen LogP contribution in [0.1, 0.15) is 24.5 Å². The number of benzene rings is 1. The highest BCUT2D eigenvalue weighted by Gasteiger charge is 2.09. The maximum absolute atomic E-state index is 11.1. The summed E-state index contributed by atoms with van der Waals surface area (Å²) in [5.74, 6) is 0.120. The molecule has 0 saturated carbocycles. The molecule has 0 amide bonds. The molecule has 0 fully saturated rings. The Morgan fingerprint density at radius 1 is 1.38 bits per heavy atom. The standard InChI is InChI=1S/C11H15NO3S/c1-8-7-11(16(12,14)15)6-5-10(8)4-3-9(2)13/h5-7H,3-4H2,1-2H3,(H2,12,14,15). The van der Waals surface area contributed by atoms with Gasteiger partial charge in [0.05, 0.1) is 4.90 Å². The van der Waals surface area contributed by atoms with Crippen LogP contribution in [0.5, 0.6) is 0 Å². The molecule has 0 saturated heterocycles. The molecule has 0 bridgehead atoms. The molecular weight excluding hydrogens is 226 g/mol. The molecule has 1 aromatic carbocycles. The molecule has 4 nitrogen and oxygen atoms in total. The van der Waals surface area contributed by atoms with Crippen molar-refractivity contribution in [1.82, 2.24) is 0 Å². The van der Waals surface area contributed by atoms with Gasteiger partial charge in [-0.25, -0.2) is 13.6 Å². The fourth-order valence-electron chi connectivity index (χ4n) is 1.44. The van der Waals surface area contributed by atoms with Gasteiger partial charge in [-0.3, -0.25) is 0 Å². The van der Waals surface area contributed by atoms with Crippen molar-refractivity contribution in [3.63, 3.8) is 0 Å². The number of aryl methyl sites for hydroxylation is 2. The quantitative estimate of drug-likeness (QED) is 0.859. The molecule has 0 radical (unpaired) electrons. The van der Waals surface area contributed by atoms with Crippen LogP contribution in [-0.4, -0.2) is 14.2 Å². The van der Waals surface area contributed by atoms with Gasteiger partial charge < -0.3 is 4.79 Å². The average molecular weight is 241 g/mol. The van der Waals surface area contributed by atoms with Crippen LogP contribution in [0.4, 0.5) is 0 Å². The summed E-state index contributed by atoms with van der Waals surface area (Å²) in [5, 5.41) is 5.02. The summed E-state index contributed by atoms with van der Waals surface area (Å²) in [5.41, 5.74) is 1.82. The van der Waals surface area contributed by atoms with Gasteiger partial charge in [-0.2, -0.15) is 0 Å². The van der Waals surface area contributed by atoms with Crippen molar-refractivity contribution in [3.8, 4) is 0 Å². The van der Waals surface area contributed by atoms with Crippen LogP contribution in [0.25, 0.3) is 0 Å². The number of carbonyl (C=O) groups is 1. The van der Waals surface area contributed by atoms with Crippen LogP contribution in [0.3, 0.4) is 0 Å². The van der Waals surface area contributed by atoms with Gasteiger partial charge in [0.15, 0.2) is 0 Å². The lowest BCUT2D eigenvalue weighted by molar-refractivity contribution is -0.116. The number of nitrogens with two attached hydrogens (primary N) is 1. The van der Waals surface area contributed by atoms with E-state index < -0.39 is 10.0 Å². The second kappa shape index (κ2) is 4.76. The van der Waals surface area contributed by atoms with Gasteiger partial charge >= 0.3 is 0 Å². The summed E-state index contributed by atoms with van der Waals surface area (Å²) in [6.45, 7) is 3.35. The van der Waals surface area contributed by atoms with Crippen molar-refractivity contribution < 1.29 is 13.2 Å². The number of rotatable bonds is 4. The van der Waals surface area contributed by atoms with Crippen molar-refractivity contribution in [1.29, 1.82) is 0 Å². The Morgan fingerprint density at radius 2 is 2.00 bits per heavy atom. The van der Waals surface area contributed by atoms with Crippen LogP contribution in [0, 0.1) is 6.92 Å². The zero-order valence-electron chi connectivity index (χ0n) is 9.36. The second-order valence-electron chi connectivity index (χ2n) is 3.84. The first-order valence-electron chi connectivity index (χ1n) is 4.92. The normalized spacial score (nSPS) is 11.4. The number of primary sulfonamides is 1. The largest absolute Gasteiger partial charge is 0.300 e. The van der Waals surface area contributed by atoms with E-state index in [1.165, 1.54) is 19.1 Å². The topological polar surface area (TPSA) is 77.2 Å². The zero-order valence-corrected chi connectivity index (χ0v) is 10.2. The van der Waals surface area contributed by atoms with Crippen LogP contribution >= 0.6 is 0 Å². The Hall–Kier alpha value is -1.20. The Kier molecular flexibility index (Phi) is 3.83. The lowest BCUT2D eigenvalue weighted by atomic mass is 10.0. The molecule has 0 unspecified atom stereocenters. The van der Waals surface area contributed by atoms with Crippen LogP contribution in [0.15, 0.2) is 23.1 Å². The third-order valence-electron chi connectivity index (χ3n) is 2.39. The van der Waals surface area contributed by atoms with Gasteiger partial charge in [0.25, 0.3) is 0 Å². The summed E-state index contributed by atoms with van der Waals surface area (Å²) in [6, 6.07) is 4.71.